The number of halogens is 2. The fraction of sp³-hybridized carbons (Fsp3) is 0. The molecule has 0 saturated carbocycles. The maximum Gasteiger partial charge on any atom is 0.126 e. The highest BCUT2D eigenvalue weighted by Gasteiger charge is 2.05. The first-order valence-electron chi connectivity index (χ1n) is 3.58. The van der Waals surface area contributed by atoms with E-state index in [1.807, 2.05) is 6.07 Å². The first-order valence-corrected chi connectivity index (χ1v) is 4.38. The van der Waals surface area contributed by atoms with E-state index in [-0.39, 0.29) is 5.82 Å². The number of aromatic nitrogens is 1. The van der Waals surface area contributed by atoms with Crippen LogP contribution in [0.2, 0.25) is 0 Å². The molecule has 2 nitrogen and oxygen atoms in total. The van der Waals surface area contributed by atoms with Gasteiger partial charge < -0.3 is 4.98 Å². The summed E-state index contributed by atoms with van der Waals surface area (Å²) in [7, 11) is 0. The van der Waals surface area contributed by atoms with Crippen molar-refractivity contribution in [2.75, 3.05) is 0 Å². The maximum atomic E-state index is 12.9. The Bertz CT molecular complexity index is 510. The number of fused-ring (bicyclic) bond motifs is 1. The number of aromatic amines is 1. The molecule has 13 heavy (non-hydrogen) atoms. The molecule has 1 heterocycles. The summed E-state index contributed by atoms with van der Waals surface area (Å²) in [6.07, 6.45) is 0. The normalized spacial score (nSPS) is 10.2. The summed E-state index contributed by atoms with van der Waals surface area (Å²) in [4.78, 5) is 2.80. The molecule has 2 aromatic rings. The second-order valence-electron chi connectivity index (χ2n) is 2.64. The minimum Gasteiger partial charge on any atom is -0.346 e. The number of benzene rings is 1. The lowest BCUT2D eigenvalue weighted by molar-refractivity contribution is 0.628. The van der Waals surface area contributed by atoms with E-state index >= 15 is 0 Å². The summed E-state index contributed by atoms with van der Waals surface area (Å²) < 4.78 is 13.5. The van der Waals surface area contributed by atoms with Crippen molar-refractivity contribution in [1.82, 2.24) is 4.98 Å². The topological polar surface area (TPSA) is 39.6 Å². The van der Waals surface area contributed by atoms with Gasteiger partial charge in [0.15, 0.2) is 0 Å². The SMILES string of the molecule is N#Cc1cc2c(Br)cc(F)cc2[nH]1. The summed E-state index contributed by atoms with van der Waals surface area (Å²) in [5, 5.41) is 9.43. The van der Waals surface area contributed by atoms with Gasteiger partial charge >= 0.3 is 0 Å². The molecule has 1 N–H and O–H groups in total. The van der Waals surface area contributed by atoms with Gasteiger partial charge in [0.05, 0.1) is 5.52 Å². The van der Waals surface area contributed by atoms with E-state index in [1.54, 1.807) is 6.07 Å². The molecule has 0 bridgehead atoms. The number of rotatable bonds is 0. The highest BCUT2D eigenvalue weighted by atomic mass is 79.9. The van der Waals surface area contributed by atoms with E-state index in [2.05, 4.69) is 20.9 Å². The van der Waals surface area contributed by atoms with Gasteiger partial charge in [-0.2, -0.15) is 5.26 Å². The average molecular weight is 239 g/mol. The summed E-state index contributed by atoms with van der Waals surface area (Å²) >= 11 is 3.22. The molecule has 64 valence electrons. The van der Waals surface area contributed by atoms with Gasteiger partial charge in [0.1, 0.15) is 17.6 Å². The van der Waals surface area contributed by atoms with Crippen molar-refractivity contribution in [3.63, 3.8) is 0 Å². The summed E-state index contributed by atoms with van der Waals surface area (Å²) in [6.45, 7) is 0. The van der Waals surface area contributed by atoms with E-state index < -0.39 is 0 Å². The van der Waals surface area contributed by atoms with E-state index in [9.17, 15) is 4.39 Å². The third-order valence-electron chi connectivity index (χ3n) is 1.77. The Morgan fingerprint density at radius 1 is 1.38 bits per heavy atom. The minimum atomic E-state index is -0.328. The summed E-state index contributed by atoms with van der Waals surface area (Å²) in [6, 6.07) is 6.38. The first kappa shape index (κ1) is 8.27. The van der Waals surface area contributed by atoms with Gasteiger partial charge in [0, 0.05) is 9.86 Å². The molecule has 0 atom stereocenters. The molecule has 0 spiro atoms. The Balaban J connectivity index is 2.84. The molecule has 0 aliphatic heterocycles. The number of hydrogen-bond donors (Lipinski definition) is 1. The van der Waals surface area contributed by atoms with Gasteiger partial charge in [-0.05, 0) is 34.1 Å². The molecule has 0 fully saturated rings. The van der Waals surface area contributed by atoms with E-state index in [1.165, 1.54) is 12.1 Å². The van der Waals surface area contributed by atoms with Crippen LogP contribution in [0.25, 0.3) is 10.9 Å². The van der Waals surface area contributed by atoms with Crippen molar-refractivity contribution < 1.29 is 4.39 Å². The zero-order chi connectivity index (χ0) is 9.42. The van der Waals surface area contributed by atoms with Gasteiger partial charge in [0.25, 0.3) is 0 Å². The number of hydrogen-bond acceptors (Lipinski definition) is 1. The van der Waals surface area contributed by atoms with Crippen molar-refractivity contribution in [3.8, 4) is 6.07 Å². The fourth-order valence-corrected chi connectivity index (χ4v) is 1.77. The molecule has 0 saturated heterocycles. The van der Waals surface area contributed by atoms with Crippen molar-refractivity contribution >= 4 is 26.8 Å². The molecule has 0 unspecified atom stereocenters. The number of H-pyrrole nitrogens is 1. The van der Waals surface area contributed by atoms with Gasteiger partial charge in [-0.3, -0.25) is 0 Å². The molecule has 2 rings (SSSR count). The standard InChI is InChI=1S/C9H4BrFN2/c10-8-1-5(11)2-9-7(8)3-6(4-12)13-9/h1-3,13H. The van der Waals surface area contributed by atoms with Crippen molar-refractivity contribution in [2.45, 2.75) is 0 Å². The predicted molar refractivity (Wildman–Crippen MR) is 50.7 cm³/mol. The molecule has 4 heteroatoms. The van der Waals surface area contributed by atoms with Crippen LogP contribution in [0, 0.1) is 17.1 Å². The quantitative estimate of drug-likeness (QED) is 0.754. The molecule has 0 amide bonds. The lowest BCUT2D eigenvalue weighted by atomic mass is 10.2. The van der Waals surface area contributed by atoms with Crippen molar-refractivity contribution in [2.24, 2.45) is 0 Å². The van der Waals surface area contributed by atoms with E-state index in [0.29, 0.717) is 15.7 Å². The third-order valence-corrected chi connectivity index (χ3v) is 2.43. The molecule has 0 aliphatic rings. The highest BCUT2D eigenvalue weighted by molar-refractivity contribution is 9.10. The Morgan fingerprint density at radius 3 is 2.85 bits per heavy atom. The van der Waals surface area contributed by atoms with Crippen LogP contribution in [0.5, 0.6) is 0 Å². The molecule has 0 radical (unpaired) electrons. The molecular formula is C9H4BrFN2. The fourth-order valence-electron chi connectivity index (χ4n) is 1.22. The molecule has 1 aromatic carbocycles. The van der Waals surface area contributed by atoms with Crippen LogP contribution >= 0.6 is 15.9 Å². The number of nitrogens with one attached hydrogen (secondary N) is 1. The Kier molecular flexibility index (Phi) is 1.82. The highest BCUT2D eigenvalue weighted by Crippen LogP contribution is 2.25. The second kappa shape index (κ2) is 2.86. The van der Waals surface area contributed by atoms with Crippen LogP contribution in [0.15, 0.2) is 22.7 Å². The first-order chi connectivity index (χ1) is 6.20. The average Bonchev–Trinajstić information content (AvgIpc) is 2.47. The predicted octanol–water partition coefficient (Wildman–Crippen LogP) is 2.94. The van der Waals surface area contributed by atoms with Crippen LogP contribution in [0.4, 0.5) is 4.39 Å². The molecule has 0 aliphatic carbocycles. The monoisotopic (exact) mass is 238 g/mol. The summed E-state index contributed by atoms with van der Waals surface area (Å²) in [5.41, 5.74) is 1.06. The number of nitrogens with zero attached hydrogens (tertiary/aromatic N) is 1. The zero-order valence-electron chi connectivity index (χ0n) is 6.44. The lowest BCUT2D eigenvalue weighted by Crippen LogP contribution is -1.75. The maximum absolute atomic E-state index is 12.9. The van der Waals surface area contributed by atoms with Crippen molar-refractivity contribution in [3.05, 3.63) is 34.2 Å². The molecular weight excluding hydrogens is 235 g/mol. The van der Waals surface area contributed by atoms with Crippen LogP contribution in [-0.2, 0) is 0 Å². The van der Waals surface area contributed by atoms with Gasteiger partial charge in [-0.1, -0.05) is 0 Å². The Labute approximate surface area is 82.1 Å². The second-order valence-corrected chi connectivity index (χ2v) is 3.50. The molecule has 1 aromatic heterocycles. The lowest BCUT2D eigenvalue weighted by Gasteiger charge is -1.93. The van der Waals surface area contributed by atoms with Crippen molar-refractivity contribution in [1.29, 1.82) is 5.26 Å². The Morgan fingerprint density at radius 2 is 2.15 bits per heavy atom. The zero-order valence-corrected chi connectivity index (χ0v) is 8.02. The third kappa shape index (κ3) is 1.31. The smallest absolute Gasteiger partial charge is 0.126 e. The number of nitriles is 1. The Hall–Kier alpha value is -1.34. The van der Waals surface area contributed by atoms with Crippen LogP contribution < -0.4 is 0 Å². The van der Waals surface area contributed by atoms with Crippen LogP contribution in [-0.4, -0.2) is 4.98 Å². The van der Waals surface area contributed by atoms with Gasteiger partial charge in [0.2, 0.25) is 0 Å². The van der Waals surface area contributed by atoms with Gasteiger partial charge in [-0.15, -0.1) is 0 Å². The summed E-state index contributed by atoms with van der Waals surface area (Å²) in [5.74, 6) is -0.328. The van der Waals surface area contributed by atoms with E-state index in [0.717, 1.165) is 5.39 Å². The van der Waals surface area contributed by atoms with Crippen LogP contribution in [0.1, 0.15) is 5.69 Å². The van der Waals surface area contributed by atoms with Gasteiger partial charge in [-0.25, -0.2) is 4.39 Å². The van der Waals surface area contributed by atoms with E-state index in [4.69, 9.17) is 5.26 Å². The van der Waals surface area contributed by atoms with Crippen LogP contribution in [0.3, 0.4) is 0 Å². The minimum absolute atomic E-state index is 0.328. The largest absolute Gasteiger partial charge is 0.346 e.